The van der Waals surface area contributed by atoms with Crippen LogP contribution < -0.4 is 0 Å². The average molecular weight is 330 g/mol. The van der Waals surface area contributed by atoms with Gasteiger partial charge in [0, 0.05) is 17.1 Å². The number of rotatable bonds is 2. The maximum absolute atomic E-state index is 12.9. The Morgan fingerprint density at radius 2 is 2.12 bits per heavy atom. The molecule has 0 bridgehead atoms. The maximum atomic E-state index is 12.9. The molecule has 0 radical (unpaired) electrons. The van der Waals surface area contributed by atoms with Crippen LogP contribution in [0.15, 0.2) is 22.3 Å². The van der Waals surface area contributed by atoms with E-state index in [4.69, 9.17) is 9.15 Å². The normalized spacial score (nSPS) is 33.0. The quantitative estimate of drug-likeness (QED) is 0.600. The van der Waals surface area contributed by atoms with Gasteiger partial charge < -0.3 is 9.15 Å². The first-order valence-electron chi connectivity index (χ1n) is 8.74. The molecule has 24 heavy (non-hydrogen) atoms. The number of carbonyl (C=O) groups excluding carboxylic acids is 2. The summed E-state index contributed by atoms with van der Waals surface area (Å²) in [4.78, 5) is 25.0. The van der Waals surface area contributed by atoms with E-state index in [9.17, 15) is 9.59 Å². The average Bonchev–Trinajstić information content (AvgIpc) is 2.91. The Bertz CT molecular complexity index is 711. The van der Waals surface area contributed by atoms with E-state index in [0.29, 0.717) is 11.3 Å². The Balaban J connectivity index is 1.89. The zero-order chi connectivity index (χ0) is 17.6. The number of ether oxygens (including phenoxy) is 1. The van der Waals surface area contributed by atoms with Crippen molar-refractivity contribution in [2.24, 2.45) is 17.3 Å². The van der Waals surface area contributed by atoms with Crippen LogP contribution in [0, 0.1) is 24.2 Å². The van der Waals surface area contributed by atoms with Crippen molar-refractivity contribution in [1.29, 1.82) is 0 Å². The van der Waals surface area contributed by atoms with Gasteiger partial charge in [0.2, 0.25) is 5.78 Å². The highest BCUT2D eigenvalue weighted by molar-refractivity contribution is 5.99. The highest BCUT2D eigenvalue weighted by Crippen LogP contribution is 2.53. The first-order valence-corrected chi connectivity index (χ1v) is 8.74. The van der Waals surface area contributed by atoms with E-state index in [1.807, 2.05) is 13.8 Å². The number of ketones is 1. The summed E-state index contributed by atoms with van der Waals surface area (Å²) in [5.74, 6) is 0.480. The molecule has 1 aromatic rings. The fraction of sp³-hybridized carbons (Fsp3) is 0.600. The molecule has 1 aromatic heterocycles. The molecule has 1 saturated carbocycles. The lowest BCUT2D eigenvalue weighted by Gasteiger charge is -2.50. The highest BCUT2D eigenvalue weighted by atomic mass is 16.5. The second-order valence-corrected chi connectivity index (χ2v) is 7.61. The summed E-state index contributed by atoms with van der Waals surface area (Å²) in [6, 6.07) is 0. The Kier molecular flexibility index (Phi) is 4.18. The number of furan rings is 1. The summed E-state index contributed by atoms with van der Waals surface area (Å²) in [5.41, 5.74) is 2.49. The summed E-state index contributed by atoms with van der Waals surface area (Å²) in [6.45, 7) is 9.87. The second kappa shape index (κ2) is 5.91. The van der Waals surface area contributed by atoms with Crippen LogP contribution in [0.2, 0.25) is 0 Å². The number of fused-ring (bicyclic) bond motifs is 2. The van der Waals surface area contributed by atoms with E-state index >= 15 is 0 Å². The third kappa shape index (κ3) is 2.43. The molecule has 0 N–H and O–H groups in total. The lowest BCUT2D eigenvalue weighted by molar-refractivity contribution is -0.154. The fourth-order valence-corrected chi connectivity index (χ4v) is 4.31. The van der Waals surface area contributed by atoms with Crippen molar-refractivity contribution >= 4 is 11.8 Å². The van der Waals surface area contributed by atoms with Gasteiger partial charge in [-0.05, 0) is 56.9 Å². The van der Waals surface area contributed by atoms with Gasteiger partial charge in [-0.3, -0.25) is 4.79 Å². The van der Waals surface area contributed by atoms with Gasteiger partial charge in [-0.2, -0.15) is 0 Å². The molecule has 2 aliphatic carbocycles. The largest absolute Gasteiger partial charge is 0.461 e. The van der Waals surface area contributed by atoms with Gasteiger partial charge >= 0.3 is 5.97 Å². The van der Waals surface area contributed by atoms with Crippen molar-refractivity contribution in [3.63, 3.8) is 0 Å². The molecule has 1 heterocycles. The van der Waals surface area contributed by atoms with Gasteiger partial charge in [-0.15, -0.1) is 0 Å². The van der Waals surface area contributed by atoms with Gasteiger partial charge in [-0.1, -0.05) is 19.9 Å². The highest BCUT2D eigenvalue weighted by Gasteiger charge is 2.54. The number of hydrogen-bond donors (Lipinski definition) is 0. The zero-order valence-corrected chi connectivity index (χ0v) is 15.1. The van der Waals surface area contributed by atoms with E-state index in [1.54, 1.807) is 19.3 Å². The van der Waals surface area contributed by atoms with Gasteiger partial charge in [-0.25, -0.2) is 4.79 Å². The lowest BCUT2D eigenvalue weighted by atomic mass is 9.54. The van der Waals surface area contributed by atoms with E-state index in [2.05, 4.69) is 13.8 Å². The molecule has 4 nitrogen and oxygen atoms in total. The Morgan fingerprint density at radius 3 is 2.79 bits per heavy atom. The standard InChI is InChI=1S/C20H26O4/c1-6-11(2)19(22)24-16-8-7-15-17(21)18-14(12(3)10-23-18)9-20(15,5)13(16)4/h6,10,13,15-16H,7-9H2,1-5H3. The Labute approximate surface area is 143 Å². The summed E-state index contributed by atoms with van der Waals surface area (Å²) in [6.07, 6.45) is 5.58. The van der Waals surface area contributed by atoms with Crippen molar-refractivity contribution < 1.29 is 18.7 Å². The van der Waals surface area contributed by atoms with Gasteiger partial charge in [0.25, 0.3) is 0 Å². The number of esters is 1. The molecule has 0 saturated heterocycles. The smallest absolute Gasteiger partial charge is 0.333 e. The van der Waals surface area contributed by atoms with Crippen LogP contribution in [0.3, 0.4) is 0 Å². The van der Waals surface area contributed by atoms with E-state index in [-0.39, 0.29) is 35.1 Å². The first kappa shape index (κ1) is 17.0. The molecular weight excluding hydrogens is 304 g/mol. The molecule has 130 valence electrons. The minimum atomic E-state index is -0.251. The lowest BCUT2D eigenvalue weighted by Crippen LogP contribution is -2.52. The number of aryl methyl sites for hydroxylation is 1. The second-order valence-electron chi connectivity index (χ2n) is 7.61. The number of Topliss-reactive ketones (excluding diaryl/α,β-unsaturated/α-hetero) is 1. The molecule has 0 aromatic carbocycles. The molecule has 1 fully saturated rings. The third-order valence-electron chi connectivity index (χ3n) is 6.35. The van der Waals surface area contributed by atoms with Gasteiger partial charge in [0.1, 0.15) is 6.10 Å². The SMILES string of the molecule is CC=C(C)C(=O)OC1CCC2C(=O)c3occ(C)c3CC2(C)C1C. The van der Waals surface area contributed by atoms with Crippen LogP contribution in [0.5, 0.6) is 0 Å². The monoisotopic (exact) mass is 330 g/mol. The summed E-state index contributed by atoms with van der Waals surface area (Å²) in [7, 11) is 0. The molecule has 2 aliphatic rings. The molecule has 4 heteroatoms. The first-order chi connectivity index (χ1) is 11.3. The minimum Gasteiger partial charge on any atom is -0.461 e. The van der Waals surface area contributed by atoms with E-state index < -0.39 is 0 Å². The Hall–Kier alpha value is -1.84. The molecule has 0 amide bonds. The van der Waals surface area contributed by atoms with Crippen LogP contribution in [0.4, 0.5) is 0 Å². The molecule has 4 atom stereocenters. The molecular formula is C20H26O4. The van der Waals surface area contributed by atoms with E-state index in [0.717, 1.165) is 30.4 Å². The molecule has 4 unspecified atom stereocenters. The predicted molar refractivity (Wildman–Crippen MR) is 90.8 cm³/mol. The van der Waals surface area contributed by atoms with Crippen molar-refractivity contribution in [3.05, 3.63) is 34.8 Å². The summed E-state index contributed by atoms with van der Waals surface area (Å²) < 4.78 is 11.3. The van der Waals surface area contributed by atoms with Gasteiger partial charge in [0.15, 0.2) is 5.76 Å². The maximum Gasteiger partial charge on any atom is 0.333 e. The van der Waals surface area contributed by atoms with Crippen LogP contribution in [-0.2, 0) is 16.0 Å². The summed E-state index contributed by atoms with van der Waals surface area (Å²) in [5, 5.41) is 0. The van der Waals surface area contributed by atoms with E-state index in [1.165, 1.54) is 0 Å². The molecule has 3 rings (SSSR count). The van der Waals surface area contributed by atoms with Crippen LogP contribution >= 0.6 is 0 Å². The number of allylic oxidation sites excluding steroid dienone is 1. The van der Waals surface area contributed by atoms with Crippen LogP contribution in [0.1, 0.15) is 62.2 Å². The van der Waals surface area contributed by atoms with Crippen molar-refractivity contribution in [2.45, 2.75) is 60.0 Å². The van der Waals surface area contributed by atoms with Crippen LogP contribution in [0.25, 0.3) is 0 Å². The van der Waals surface area contributed by atoms with Gasteiger partial charge in [0.05, 0.1) is 6.26 Å². The topological polar surface area (TPSA) is 56.5 Å². The zero-order valence-electron chi connectivity index (χ0n) is 15.1. The summed E-state index contributed by atoms with van der Waals surface area (Å²) >= 11 is 0. The third-order valence-corrected chi connectivity index (χ3v) is 6.35. The number of hydrogen-bond acceptors (Lipinski definition) is 4. The number of carbonyl (C=O) groups is 2. The predicted octanol–water partition coefficient (Wildman–Crippen LogP) is 4.26. The molecule has 0 aliphatic heterocycles. The van der Waals surface area contributed by atoms with Crippen molar-refractivity contribution in [2.75, 3.05) is 0 Å². The Morgan fingerprint density at radius 1 is 1.42 bits per heavy atom. The van der Waals surface area contributed by atoms with Crippen molar-refractivity contribution in [1.82, 2.24) is 0 Å². The fourth-order valence-electron chi connectivity index (χ4n) is 4.31. The van der Waals surface area contributed by atoms with Crippen molar-refractivity contribution in [3.8, 4) is 0 Å². The minimum absolute atomic E-state index is 0.0525. The molecule has 0 spiro atoms. The van der Waals surface area contributed by atoms with Crippen LogP contribution in [-0.4, -0.2) is 17.9 Å².